The molecule has 0 aliphatic carbocycles. The molecule has 1 aliphatic heterocycles. The fourth-order valence-electron chi connectivity index (χ4n) is 1.29. The molecule has 2 atom stereocenters. The molecule has 0 saturated carbocycles. The van der Waals surface area contributed by atoms with Crippen molar-refractivity contribution in [3.05, 3.63) is 0 Å². The summed E-state index contributed by atoms with van der Waals surface area (Å²) in [6, 6.07) is 0.112. The van der Waals surface area contributed by atoms with Gasteiger partial charge in [-0.05, 0) is 12.8 Å². The van der Waals surface area contributed by atoms with Crippen molar-refractivity contribution < 1.29 is 17.9 Å². The lowest BCUT2D eigenvalue weighted by atomic mass is 10.1. The number of hydrogen-bond acceptors (Lipinski definition) is 5. The van der Waals surface area contributed by atoms with E-state index in [0.29, 0.717) is 13.2 Å². The van der Waals surface area contributed by atoms with Crippen LogP contribution in [-0.4, -0.2) is 46.0 Å². The smallest absolute Gasteiger partial charge is 0.171 e. The van der Waals surface area contributed by atoms with Crippen molar-refractivity contribution in [2.24, 2.45) is 5.73 Å². The molecular weight excluding hydrogens is 206 g/mol. The Balaban J connectivity index is 2.14. The van der Waals surface area contributed by atoms with Crippen molar-refractivity contribution in [1.82, 2.24) is 0 Å². The van der Waals surface area contributed by atoms with E-state index in [9.17, 15) is 8.42 Å². The van der Waals surface area contributed by atoms with Crippen LogP contribution in [0.15, 0.2) is 0 Å². The fraction of sp³-hybridized carbons (Fsp3) is 1.00. The Morgan fingerprint density at radius 3 is 2.71 bits per heavy atom. The van der Waals surface area contributed by atoms with Crippen molar-refractivity contribution in [3.63, 3.8) is 0 Å². The largest absolute Gasteiger partial charge is 0.374 e. The van der Waals surface area contributed by atoms with E-state index in [1.165, 1.54) is 0 Å². The second kappa shape index (κ2) is 5.06. The molecule has 0 bridgehead atoms. The number of sulfone groups is 1. The minimum atomic E-state index is -3.04. The van der Waals surface area contributed by atoms with Gasteiger partial charge < -0.3 is 15.2 Å². The van der Waals surface area contributed by atoms with Crippen molar-refractivity contribution in [2.75, 3.05) is 25.4 Å². The fourth-order valence-corrected chi connectivity index (χ4v) is 1.69. The molecule has 0 aromatic carbocycles. The zero-order valence-electron chi connectivity index (χ0n) is 8.31. The topological polar surface area (TPSA) is 78.6 Å². The van der Waals surface area contributed by atoms with E-state index < -0.39 is 9.84 Å². The van der Waals surface area contributed by atoms with Crippen molar-refractivity contribution in [1.29, 1.82) is 0 Å². The molecule has 1 aliphatic rings. The van der Waals surface area contributed by atoms with Crippen LogP contribution in [0.2, 0.25) is 0 Å². The number of hydrogen-bond donors (Lipinski definition) is 1. The Morgan fingerprint density at radius 2 is 2.21 bits per heavy atom. The first-order valence-corrected chi connectivity index (χ1v) is 6.66. The average Bonchev–Trinajstić information content (AvgIpc) is 2.06. The molecule has 1 saturated heterocycles. The molecule has 0 amide bonds. The normalized spacial score (nSPS) is 29.0. The summed E-state index contributed by atoms with van der Waals surface area (Å²) in [6.07, 6.45) is 2.89. The third-order valence-corrected chi connectivity index (χ3v) is 2.60. The molecule has 5 nitrogen and oxygen atoms in total. The van der Waals surface area contributed by atoms with Crippen LogP contribution in [0.25, 0.3) is 0 Å². The molecule has 1 heterocycles. The lowest BCUT2D eigenvalue weighted by molar-refractivity contribution is -0.0394. The molecule has 6 heteroatoms. The van der Waals surface area contributed by atoms with Crippen LogP contribution in [0.5, 0.6) is 0 Å². The van der Waals surface area contributed by atoms with Crippen LogP contribution < -0.4 is 5.73 Å². The predicted molar refractivity (Wildman–Crippen MR) is 52.6 cm³/mol. The van der Waals surface area contributed by atoms with Gasteiger partial charge in [-0.2, -0.15) is 0 Å². The maximum atomic E-state index is 10.7. The van der Waals surface area contributed by atoms with E-state index in [-0.39, 0.29) is 18.1 Å². The minimum absolute atomic E-state index is 0.00319. The number of ether oxygens (including phenoxy) is 2. The number of nitrogens with two attached hydrogens (primary N) is 1. The standard InChI is InChI=1S/C8H17NO4S/c1-14(10,11)6-12-5-8-3-2-7(9)4-13-8/h7-8H,2-6,9H2,1H3. The molecule has 0 aromatic rings. The summed E-state index contributed by atoms with van der Waals surface area (Å²) >= 11 is 0. The van der Waals surface area contributed by atoms with Gasteiger partial charge in [0.05, 0.1) is 19.3 Å². The van der Waals surface area contributed by atoms with E-state index in [4.69, 9.17) is 15.2 Å². The average molecular weight is 223 g/mol. The predicted octanol–water partition coefficient (Wildman–Crippen LogP) is -0.489. The Labute approximate surface area is 84.5 Å². The first kappa shape index (κ1) is 11.9. The van der Waals surface area contributed by atoms with E-state index >= 15 is 0 Å². The zero-order valence-corrected chi connectivity index (χ0v) is 9.13. The Kier molecular flexibility index (Phi) is 4.31. The Bertz CT molecular complexity index is 257. The van der Waals surface area contributed by atoms with Crippen molar-refractivity contribution in [2.45, 2.75) is 25.0 Å². The van der Waals surface area contributed by atoms with E-state index in [1.807, 2.05) is 0 Å². The summed E-state index contributed by atoms with van der Waals surface area (Å²) in [5.41, 5.74) is 5.63. The van der Waals surface area contributed by atoms with Gasteiger partial charge in [0.1, 0.15) is 5.94 Å². The van der Waals surface area contributed by atoms with Crippen LogP contribution >= 0.6 is 0 Å². The van der Waals surface area contributed by atoms with Gasteiger partial charge in [-0.1, -0.05) is 0 Å². The van der Waals surface area contributed by atoms with Gasteiger partial charge in [-0.25, -0.2) is 8.42 Å². The van der Waals surface area contributed by atoms with Crippen LogP contribution in [0.1, 0.15) is 12.8 Å². The summed E-state index contributed by atoms with van der Waals surface area (Å²) < 4.78 is 31.9. The summed E-state index contributed by atoms with van der Waals surface area (Å²) in [6.45, 7) is 0.868. The van der Waals surface area contributed by atoms with E-state index in [0.717, 1.165) is 19.1 Å². The number of rotatable bonds is 4. The van der Waals surface area contributed by atoms with Crippen LogP contribution in [0.3, 0.4) is 0 Å². The van der Waals surface area contributed by atoms with Crippen LogP contribution in [0, 0.1) is 0 Å². The lowest BCUT2D eigenvalue weighted by Crippen LogP contribution is -2.37. The molecule has 84 valence electrons. The lowest BCUT2D eigenvalue weighted by Gasteiger charge is -2.26. The van der Waals surface area contributed by atoms with E-state index in [2.05, 4.69) is 0 Å². The van der Waals surface area contributed by atoms with Crippen molar-refractivity contribution >= 4 is 9.84 Å². The summed E-state index contributed by atoms with van der Waals surface area (Å²) in [5.74, 6) is -0.237. The highest BCUT2D eigenvalue weighted by molar-refractivity contribution is 7.90. The monoisotopic (exact) mass is 223 g/mol. The summed E-state index contributed by atoms with van der Waals surface area (Å²) in [7, 11) is -3.04. The first-order chi connectivity index (χ1) is 6.47. The Morgan fingerprint density at radius 1 is 1.50 bits per heavy atom. The second-order valence-electron chi connectivity index (χ2n) is 3.71. The van der Waals surface area contributed by atoms with Crippen LogP contribution in [0.4, 0.5) is 0 Å². The quantitative estimate of drug-likeness (QED) is 0.696. The second-order valence-corrected chi connectivity index (χ2v) is 5.79. The highest BCUT2D eigenvalue weighted by Crippen LogP contribution is 2.12. The maximum absolute atomic E-state index is 10.7. The van der Waals surface area contributed by atoms with Crippen molar-refractivity contribution in [3.8, 4) is 0 Å². The minimum Gasteiger partial charge on any atom is -0.374 e. The van der Waals surface area contributed by atoms with E-state index in [1.54, 1.807) is 0 Å². The molecular formula is C8H17NO4S. The summed E-state index contributed by atoms with van der Waals surface area (Å²) in [5, 5.41) is 0. The third kappa shape index (κ3) is 4.90. The zero-order chi connectivity index (χ0) is 10.6. The van der Waals surface area contributed by atoms with Crippen LogP contribution in [-0.2, 0) is 19.3 Å². The molecule has 0 aromatic heterocycles. The molecule has 0 radical (unpaired) electrons. The van der Waals surface area contributed by atoms with Gasteiger partial charge in [-0.3, -0.25) is 0 Å². The molecule has 2 unspecified atom stereocenters. The highest BCUT2D eigenvalue weighted by atomic mass is 32.2. The van der Waals surface area contributed by atoms with Gasteiger partial charge in [0.15, 0.2) is 9.84 Å². The van der Waals surface area contributed by atoms with Gasteiger partial charge in [0.25, 0.3) is 0 Å². The SMILES string of the molecule is CS(=O)(=O)COCC1CCC(N)CO1. The molecule has 1 rings (SSSR count). The molecule has 1 fully saturated rings. The molecule has 0 spiro atoms. The van der Waals surface area contributed by atoms with Gasteiger partial charge in [0, 0.05) is 12.3 Å². The van der Waals surface area contributed by atoms with Gasteiger partial charge >= 0.3 is 0 Å². The molecule has 14 heavy (non-hydrogen) atoms. The highest BCUT2D eigenvalue weighted by Gasteiger charge is 2.19. The third-order valence-electron chi connectivity index (χ3n) is 2.01. The van der Waals surface area contributed by atoms with Gasteiger partial charge in [0.2, 0.25) is 0 Å². The first-order valence-electron chi connectivity index (χ1n) is 4.60. The van der Waals surface area contributed by atoms with Gasteiger partial charge in [-0.15, -0.1) is 0 Å². The Hall–Kier alpha value is -0.170. The molecule has 2 N–H and O–H groups in total. The summed E-state index contributed by atoms with van der Waals surface area (Å²) in [4.78, 5) is 0. The maximum Gasteiger partial charge on any atom is 0.171 e.